The number of rotatable bonds is 4. The summed E-state index contributed by atoms with van der Waals surface area (Å²) in [4.78, 5) is 36.8. The molecule has 1 aromatic rings. The molecule has 1 N–H and O–H groups in total. The predicted octanol–water partition coefficient (Wildman–Crippen LogP) is 2.40. The number of piperidine rings is 1. The Labute approximate surface area is 173 Å². The maximum atomic E-state index is 13.8. The largest absolute Gasteiger partial charge is 0.335 e. The summed E-state index contributed by atoms with van der Waals surface area (Å²) in [5, 5.41) is 3.08. The molecule has 0 aromatic carbocycles. The number of aryl methyl sites for hydroxylation is 1. The molecule has 2 saturated heterocycles. The molecular weight excluding hydrogens is 366 g/mol. The maximum absolute atomic E-state index is 13.8. The number of piperazine rings is 1. The van der Waals surface area contributed by atoms with E-state index in [4.69, 9.17) is 0 Å². The Kier molecular flexibility index (Phi) is 5.51. The third-order valence-electron chi connectivity index (χ3n) is 6.42. The minimum atomic E-state index is -0.524. The van der Waals surface area contributed by atoms with Gasteiger partial charge in [0.2, 0.25) is 5.91 Å². The molecule has 0 bridgehead atoms. The molecule has 2 aliphatic heterocycles. The van der Waals surface area contributed by atoms with Crippen molar-refractivity contribution in [2.24, 2.45) is 5.92 Å². The molecule has 1 spiro atoms. The van der Waals surface area contributed by atoms with Gasteiger partial charge in [-0.2, -0.15) is 0 Å². The minimum Gasteiger partial charge on any atom is -0.335 e. The van der Waals surface area contributed by atoms with Crippen molar-refractivity contribution in [2.45, 2.75) is 58.0 Å². The first-order chi connectivity index (χ1) is 13.9. The number of pyridine rings is 1. The number of urea groups is 1. The van der Waals surface area contributed by atoms with Crippen LogP contribution in [0.5, 0.6) is 0 Å². The number of hydrogen-bond donors (Lipinski definition) is 1. The average molecular weight is 400 g/mol. The zero-order valence-electron chi connectivity index (χ0n) is 17.9. The topological polar surface area (TPSA) is 68.8 Å². The monoisotopic (exact) mass is 399 g/mol. The van der Waals surface area contributed by atoms with Gasteiger partial charge in [-0.1, -0.05) is 13.8 Å². The van der Waals surface area contributed by atoms with Crippen LogP contribution in [0.2, 0.25) is 0 Å². The van der Waals surface area contributed by atoms with Gasteiger partial charge in [0.25, 0.3) is 0 Å². The Morgan fingerprint density at radius 1 is 1.21 bits per heavy atom. The first-order valence-electron chi connectivity index (χ1n) is 10.9. The highest BCUT2D eigenvalue weighted by atomic mass is 16.2. The summed E-state index contributed by atoms with van der Waals surface area (Å²) in [6.45, 7) is 10.0. The molecule has 3 fully saturated rings. The molecular formula is C22H33N5O2. The van der Waals surface area contributed by atoms with Gasteiger partial charge in [-0.05, 0) is 50.7 Å². The number of likely N-dealkylation sites (tertiary alicyclic amines) is 1. The Balaban J connectivity index is 1.53. The van der Waals surface area contributed by atoms with Gasteiger partial charge in [0.05, 0.1) is 11.9 Å². The third kappa shape index (κ3) is 4.10. The van der Waals surface area contributed by atoms with Crippen LogP contribution in [0.15, 0.2) is 18.3 Å². The highest BCUT2D eigenvalue weighted by Crippen LogP contribution is 2.36. The number of nitrogens with one attached hydrogen (secondary N) is 1. The van der Waals surface area contributed by atoms with Crippen LogP contribution in [0.1, 0.15) is 45.2 Å². The lowest BCUT2D eigenvalue weighted by molar-refractivity contribution is -0.137. The summed E-state index contributed by atoms with van der Waals surface area (Å²) in [6, 6.07) is 4.34. The van der Waals surface area contributed by atoms with Crippen LogP contribution in [0.25, 0.3) is 0 Å². The van der Waals surface area contributed by atoms with Crippen LogP contribution in [0.3, 0.4) is 0 Å². The zero-order valence-corrected chi connectivity index (χ0v) is 17.9. The second-order valence-electron chi connectivity index (χ2n) is 9.20. The van der Waals surface area contributed by atoms with Crippen LogP contribution in [-0.4, -0.2) is 71.0 Å². The zero-order chi connectivity index (χ0) is 20.6. The van der Waals surface area contributed by atoms with Gasteiger partial charge in [0.1, 0.15) is 5.54 Å². The molecule has 0 atom stereocenters. The Morgan fingerprint density at radius 3 is 2.52 bits per heavy atom. The Hall–Kier alpha value is -2.15. The van der Waals surface area contributed by atoms with Gasteiger partial charge in [0, 0.05) is 44.5 Å². The van der Waals surface area contributed by atoms with Crippen molar-refractivity contribution in [3.05, 3.63) is 24.0 Å². The fourth-order valence-electron chi connectivity index (χ4n) is 4.60. The van der Waals surface area contributed by atoms with Crippen LogP contribution < -0.4 is 10.2 Å². The fourth-order valence-corrected chi connectivity index (χ4v) is 4.60. The number of carbonyl (C=O) groups is 2. The lowest BCUT2D eigenvalue weighted by atomic mass is 9.81. The van der Waals surface area contributed by atoms with Gasteiger partial charge in [-0.25, -0.2) is 4.79 Å². The fraction of sp³-hybridized carbons (Fsp3) is 0.682. The number of anilines is 1. The average Bonchev–Trinajstić information content (AvgIpc) is 3.51. The number of carbonyl (C=O) groups excluding carboxylic acids is 2. The number of amides is 3. The third-order valence-corrected chi connectivity index (χ3v) is 6.42. The van der Waals surface area contributed by atoms with E-state index in [2.05, 4.69) is 29.0 Å². The summed E-state index contributed by atoms with van der Waals surface area (Å²) in [5.41, 5.74) is 1.30. The van der Waals surface area contributed by atoms with Crippen molar-refractivity contribution in [1.82, 2.24) is 20.1 Å². The molecule has 158 valence electrons. The summed E-state index contributed by atoms with van der Waals surface area (Å²) >= 11 is 0. The molecule has 0 radical (unpaired) electrons. The molecule has 1 saturated carbocycles. The molecule has 3 heterocycles. The lowest BCUT2D eigenvalue weighted by Crippen LogP contribution is -2.70. The van der Waals surface area contributed by atoms with Gasteiger partial charge in [0.15, 0.2) is 0 Å². The quantitative estimate of drug-likeness (QED) is 0.844. The van der Waals surface area contributed by atoms with Gasteiger partial charge in [-0.15, -0.1) is 0 Å². The Bertz CT molecular complexity index is 751. The van der Waals surface area contributed by atoms with E-state index in [0.717, 1.165) is 37.3 Å². The maximum Gasteiger partial charge on any atom is 0.317 e. The van der Waals surface area contributed by atoms with E-state index < -0.39 is 5.54 Å². The van der Waals surface area contributed by atoms with Crippen molar-refractivity contribution in [3.63, 3.8) is 0 Å². The number of hydrogen-bond acceptors (Lipinski definition) is 4. The molecule has 29 heavy (non-hydrogen) atoms. The van der Waals surface area contributed by atoms with Gasteiger partial charge >= 0.3 is 6.03 Å². The minimum absolute atomic E-state index is 0.0283. The first-order valence-corrected chi connectivity index (χ1v) is 10.9. The smallest absolute Gasteiger partial charge is 0.317 e. The van der Waals surface area contributed by atoms with E-state index >= 15 is 0 Å². The van der Waals surface area contributed by atoms with Crippen molar-refractivity contribution < 1.29 is 9.59 Å². The van der Waals surface area contributed by atoms with Gasteiger partial charge in [-0.3, -0.25) is 14.7 Å². The van der Waals surface area contributed by atoms with E-state index in [-0.39, 0.29) is 11.9 Å². The highest BCUT2D eigenvalue weighted by Gasteiger charge is 2.51. The molecule has 1 aromatic heterocycles. The van der Waals surface area contributed by atoms with Crippen LogP contribution in [0, 0.1) is 12.8 Å². The lowest BCUT2D eigenvalue weighted by Gasteiger charge is -2.53. The summed E-state index contributed by atoms with van der Waals surface area (Å²) in [6.07, 6.45) is 5.35. The van der Waals surface area contributed by atoms with Gasteiger partial charge < -0.3 is 15.1 Å². The molecule has 7 heteroatoms. The normalized spacial score (nSPS) is 22.4. The predicted molar refractivity (Wildman–Crippen MR) is 113 cm³/mol. The molecule has 7 nitrogen and oxygen atoms in total. The second-order valence-corrected chi connectivity index (χ2v) is 9.20. The SMILES string of the molecule is Cc1ccc(N2CCN(CC(C)C)C3(CCN(C(=O)NC4CC4)CC3)C2=O)cn1. The van der Waals surface area contributed by atoms with E-state index in [9.17, 15) is 9.59 Å². The second kappa shape index (κ2) is 7.94. The Morgan fingerprint density at radius 2 is 1.93 bits per heavy atom. The van der Waals surface area contributed by atoms with Crippen molar-refractivity contribution in [2.75, 3.05) is 37.6 Å². The number of aromatic nitrogens is 1. The van der Waals surface area contributed by atoms with Crippen molar-refractivity contribution >= 4 is 17.6 Å². The number of nitrogens with zero attached hydrogens (tertiary/aromatic N) is 4. The first kappa shape index (κ1) is 20.1. The van der Waals surface area contributed by atoms with E-state index in [0.29, 0.717) is 44.4 Å². The van der Waals surface area contributed by atoms with Crippen LogP contribution in [0.4, 0.5) is 10.5 Å². The standard InChI is InChI=1S/C22H33N5O2/c1-16(2)15-26-12-13-27(19-7-4-17(3)23-14-19)20(28)22(26)8-10-25(11-9-22)21(29)24-18-5-6-18/h4,7,14,16,18H,5-6,8-13,15H2,1-3H3,(H,24,29). The molecule has 4 rings (SSSR count). The molecule has 3 amide bonds. The van der Waals surface area contributed by atoms with E-state index in [1.165, 1.54) is 0 Å². The van der Waals surface area contributed by atoms with Crippen molar-refractivity contribution in [1.29, 1.82) is 0 Å². The molecule has 0 unspecified atom stereocenters. The molecule has 1 aliphatic carbocycles. The summed E-state index contributed by atoms with van der Waals surface area (Å²) in [7, 11) is 0. The van der Waals surface area contributed by atoms with Crippen LogP contribution in [-0.2, 0) is 4.79 Å². The highest BCUT2D eigenvalue weighted by molar-refractivity contribution is 6.01. The summed E-state index contributed by atoms with van der Waals surface area (Å²) in [5.74, 6) is 0.653. The summed E-state index contributed by atoms with van der Waals surface area (Å²) < 4.78 is 0. The molecule has 3 aliphatic rings. The van der Waals surface area contributed by atoms with Crippen LogP contribution >= 0.6 is 0 Å². The van der Waals surface area contributed by atoms with Crippen molar-refractivity contribution in [3.8, 4) is 0 Å². The van der Waals surface area contributed by atoms with E-state index in [1.54, 1.807) is 6.20 Å². The van der Waals surface area contributed by atoms with E-state index in [1.807, 2.05) is 28.9 Å².